The topological polar surface area (TPSA) is 72.4 Å². The molecule has 0 spiro atoms. The standard InChI is InChI=1S/C12H17N3O3S/c1-8(12(17)18-4)7-19-10-6-5-9(13-14-10)11(16)15(2)3/h5-6,8H,7H2,1-4H3. The third kappa shape index (κ3) is 4.51. The summed E-state index contributed by atoms with van der Waals surface area (Å²) in [7, 11) is 4.68. The lowest BCUT2D eigenvalue weighted by Crippen LogP contribution is -2.23. The number of carbonyl (C=O) groups excluding carboxylic acids is 2. The van der Waals surface area contributed by atoms with Gasteiger partial charge in [-0.05, 0) is 12.1 Å². The monoisotopic (exact) mass is 283 g/mol. The van der Waals surface area contributed by atoms with Crippen LogP contribution in [0.2, 0.25) is 0 Å². The van der Waals surface area contributed by atoms with E-state index >= 15 is 0 Å². The highest BCUT2D eigenvalue weighted by atomic mass is 32.2. The fraction of sp³-hybridized carbons (Fsp3) is 0.500. The molecule has 0 saturated carbocycles. The number of hydrogen-bond acceptors (Lipinski definition) is 6. The number of nitrogens with zero attached hydrogens (tertiary/aromatic N) is 3. The van der Waals surface area contributed by atoms with E-state index in [1.54, 1.807) is 33.2 Å². The third-order valence-electron chi connectivity index (χ3n) is 2.35. The van der Waals surface area contributed by atoms with Crippen molar-refractivity contribution >= 4 is 23.6 Å². The number of amides is 1. The van der Waals surface area contributed by atoms with Crippen molar-refractivity contribution in [3.63, 3.8) is 0 Å². The van der Waals surface area contributed by atoms with Crippen molar-refractivity contribution in [1.29, 1.82) is 0 Å². The van der Waals surface area contributed by atoms with Crippen LogP contribution in [0.5, 0.6) is 0 Å². The Morgan fingerprint density at radius 3 is 2.53 bits per heavy atom. The summed E-state index contributed by atoms with van der Waals surface area (Å²) in [4.78, 5) is 24.3. The summed E-state index contributed by atoms with van der Waals surface area (Å²) in [5.41, 5.74) is 0.301. The number of hydrogen-bond donors (Lipinski definition) is 0. The van der Waals surface area contributed by atoms with Crippen LogP contribution in [0.15, 0.2) is 17.2 Å². The highest BCUT2D eigenvalue weighted by Crippen LogP contribution is 2.18. The van der Waals surface area contributed by atoms with Gasteiger partial charge in [0.15, 0.2) is 5.69 Å². The van der Waals surface area contributed by atoms with E-state index in [4.69, 9.17) is 0 Å². The molecular weight excluding hydrogens is 266 g/mol. The maximum atomic E-state index is 11.6. The predicted molar refractivity (Wildman–Crippen MR) is 72.0 cm³/mol. The summed E-state index contributed by atoms with van der Waals surface area (Å²) < 4.78 is 4.64. The maximum absolute atomic E-state index is 11.6. The molecule has 0 aliphatic rings. The lowest BCUT2D eigenvalue weighted by Gasteiger charge is -2.09. The second-order valence-corrected chi connectivity index (χ2v) is 5.23. The number of carbonyl (C=O) groups is 2. The van der Waals surface area contributed by atoms with Crippen molar-refractivity contribution in [3.8, 4) is 0 Å². The van der Waals surface area contributed by atoms with Gasteiger partial charge in [0.1, 0.15) is 5.03 Å². The Hall–Kier alpha value is -1.63. The Kier molecular flexibility index (Phi) is 5.75. The molecule has 0 saturated heterocycles. The normalized spacial score (nSPS) is 11.8. The number of rotatable bonds is 5. The first-order valence-electron chi connectivity index (χ1n) is 5.71. The van der Waals surface area contributed by atoms with Crippen LogP contribution < -0.4 is 0 Å². The molecule has 1 amide bonds. The van der Waals surface area contributed by atoms with Crippen molar-refractivity contribution in [2.75, 3.05) is 27.0 Å². The molecule has 7 heteroatoms. The largest absolute Gasteiger partial charge is 0.469 e. The molecule has 104 valence electrons. The van der Waals surface area contributed by atoms with E-state index in [0.29, 0.717) is 16.5 Å². The van der Waals surface area contributed by atoms with Crippen LogP contribution in [0.3, 0.4) is 0 Å². The third-order valence-corrected chi connectivity index (χ3v) is 3.53. The minimum absolute atomic E-state index is 0.188. The van der Waals surface area contributed by atoms with Gasteiger partial charge < -0.3 is 9.64 Å². The van der Waals surface area contributed by atoms with E-state index in [1.165, 1.54) is 23.8 Å². The zero-order valence-corrected chi connectivity index (χ0v) is 12.2. The zero-order chi connectivity index (χ0) is 14.4. The van der Waals surface area contributed by atoms with Crippen molar-refractivity contribution in [3.05, 3.63) is 17.8 Å². The van der Waals surface area contributed by atoms with E-state index < -0.39 is 0 Å². The Balaban J connectivity index is 2.58. The summed E-state index contributed by atoms with van der Waals surface area (Å²) in [6, 6.07) is 3.35. The van der Waals surface area contributed by atoms with E-state index in [-0.39, 0.29) is 17.8 Å². The summed E-state index contributed by atoms with van der Waals surface area (Å²) in [6.07, 6.45) is 0. The van der Waals surface area contributed by atoms with Crippen LogP contribution in [0, 0.1) is 5.92 Å². The summed E-state index contributed by atoms with van der Waals surface area (Å²) in [5, 5.41) is 8.49. The molecule has 1 aromatic heterocycles. The number of esters is 1. The Labute approximate surface area is 116 Å². The second kappa shape index (κ2) is 7.08. The van der Waals surface area contributed by atoms with Crippen LogP contribution in [-0.2, 0) is 9.53 Å². The highest BCUT2D eigenvalue weighted by molar-refractivity contribution is 7.99. The van der Waals surface area contributed by atoms with Crippen LogP contribution >= 0.6 is 11.8 Å². The Morgan fingerprint density at radius 1 is 1.37 bits per heavy atom. The molecule has 0 aliphatic carbocycles. The van der Waals surface area contributed by atoms with Crippen LogP contribution in [0.1, 0.15) is 17.4 Å². The predicted octanol–water partition coefficient (Wildman–Crippen LogP) is 1.08. The molecular formula is C12H17N3O3S. The molecule has 0 bridgehead atoms. The van der Waals surface area contributed by atoms with Crippen molar-refractivity contribution in [1.82, 2.24) is 15.1 Å². The molecule has 19 heavy (non-hydrogen) atoms. The van der Waals surface area contributed by atoms with Gasteiger partial charge in [0, 0.05) is 19.8 Å². The molecule has 1 unspecified atom stereocenters. The number of ether oxygens (including phenoxy) is 1. The van der Waals surface area contributed by atoms with Gasteiger partial charge in [-0.25, -0.2) is 0 Å². The Bertz CT molecular complexity index is 448. The molecule has 0 aromatic carbocycles. The van der Waals surface area contributed by atoms with Crippen molar-refractivity contribution < 1.29 is 14.3 Å². The van der Waals surface area contributed by atoms with Crippen LogP contribution in [-0.4, -0.2) is 53.9 Å². The minimum Gasteiger partial charge on any atom is -0.469 e. The quantitative estimate of drug-likeness (QED) is 0.595. The van der Waals surface area contributed by atoms with Crippen molar-refractivity contribution in [2.45, 2.75) is 11.9 Å². The van der Waals surface area contributed by atoms with Crippen molar-refractivity contribution in [2.24, 2.45) is 5.92 Å². The second-order valence-electron chi connectivity index (χ2n) is 4.19. The fourth-order valence-electron chi connectivity index (χ4n) is 1.22. The molecule has 0 N–H and O–H groups in total. The SMILES string of the molecule is COC(=O)C(C)CSc1ccc(C(=O)N(C)C)nn1. The lowest BCUT2D eigenvalue weighted by molar-refractivity contribution is -0.143. The molecule has 0 radical (unpaired) electrons. The van der Waals surface area contributed by atoms with Gasteiger partial charge >= 0.3 is 5.97 Å². The highest BCUT2D eigenvalue weighted by Gasteiger charge is 2.14. The van der Waals surface area contributed by atoms with E-state index in [1.807, 2.05) is 0 Å². The van der Waals surface area contributed by atoms with E-state index in [9.17, 15) is 9.59 Å². The lowest BCUT2D eigenvalue weighted by atomic mass is 10.2. The van der Waals surface area contributed by atoms with E-state index in [0.717, 1.165) is 0 Å². The average molecular weight is 283 g/mol. The first-order chi connectivity index (χ1) is 8.95. The van der Waals surface area contributed by atoms with Crippen LogP contribution in [0.25, 0.3) is 0 Å². The summed E-state index contributed by atoms with van der Waals surface area (Å²) >= 11 is 1.40. The molecule has 6 nitrogen and oxygen atoms in total. The number of thioether (sulfide) groups is 1. The minimum atomic E-state index is -0.250. The average Bonchev–Trinajstić information content (AvgIpc) is 2.43. The molecule has 0 aliphatic heterocycles. The molecule has 1 aromatic rings. The molecule has 1 rings (SSSR count). The number of aromatic nitrogens is 2. The van der Waals surface area contributed by atoms with Gasteiger partial charge in [0.05, 0.1) is 13.0 Å². The molecule has 0 fully saturated rings. The Morgan fingerprint density at radius 2 is 2.05 bits per heavy atom. The van der Waals surface area contributed by atoms with Gasteiger partial charge in [-0.2, -0.15) is 0 Å². The van der Waals surface area contributed by atoms with Gasteiger partial charge in [-0.3, -0.25) is 9.59 Å². The van der Waals surface area contributed by atoms with Crippen LogP contribution in [0.4, 0.5) is 0 Å². The molecule has 1 atom stereocenters. The van der Waals surface area contributed by atoms with Gasteiger partial charge in [-0.15, -0.1) is 22.0 Å². The summed E-state index contributed by atoms with van der Waals surface area (Å²) in [5.74, 6) is -0.0887. The number of methoxy groups -OCH3 is 1. The van der Waals surface area contributed by atoms with E-state index in [2.05, 4.69) is 14.9 Å². The summed E-state index contributed by atoms with van der Waals surface area (Å²) in [6.45, 7) is 1.79. The fourth-order valence-corrected chi connectivity index (χ4v) is 2.04. The van der Waals surface area contributed by atoms with Gasteiger partial charge in [0.2, 0.25) is 0 Å². The maximum Gasteiger partial charge on any atom is 0.309 e. The zero-order valence-electron chi connectivity index (χ0n) is 11.4. The first-order valence-corrected chi connectivity index (χ1v) is 6.70. The smallest absolute Gasteiger partial charge is 0.309 e. The van der Waals surface area contributed by atoms with Gasteiger partial charge in [-0.1, -0.05) is 6.92 Å². The molecule has 1 heterocycles. The van der Waals surface area contributed by atoms with Gasteiger partial charge in [0.25, 0.3) is 5.91 Å². The first kappa shape index (κ1) is 15.4.